The number of nitrogens with zero attached hydrogens (tertiary/aromatic N) is 4. The summed E-state index contributed by atoms with van der Waals surface area (Å²) in [4.78, 5) is 8.80. The van der Waals surface area contributed by atoms with Crippen LogP contribution in [0.25, 0.3) is 0 Å². The van der Waals surface area contributed by atoms with E-state index in [-0.39, 0.29) is 24.0 Å². The molecule has 1 unspecified atom stereocenters. The predicted octanol–water partition coefficient (Wildman–Crippen LogP) is 3.63. The van der Waals surface area contributed by atoms with E-state index < -0.39 is 0 Å². The number of nitrogens with one attached hydrogen (secondary N) is 2. The molecule has 2 aromatic heterocycles. The highest BCUT2D eigenvalue weighted by atomic mass is 127. The normalized spacial score (nSPS) is 17.2. The minimum absolute atomic E-state index is 0. The van der Waals surface area contributed by atoms with Crippen molar-refractivity contribution in [3.05, 3.63) is 40.3 Å². The molecule has 28 heavy (non-hydrogen) atoms. The van der Waals surface area contributed by atoms with Gasteiger partial charge in [-0.15, -0.1) is 35.3 Å². The number of guanidine groups is 1. The monoisotopic (exact) mass is 516 g/mol. The standard InChI is InChI=1S/C20H32N6S.HI/c1-4-21-20(22-14-17-7-10-24-25(17)3)23-15-18(19-6-5-13-27-19)26-11-8-16(2)9-12-26;/h5-7,10,13,16,18H,4,8-9,11-12,14-15H2,1-3H3,(H2,21,22,23);1H. The van der Waals surface area contributed by atoms with Gasteiger partial charge in [0.25, 0.3) is 0 Å². The molecule has 0 amide bonds. The van der Waals surface area contributed by atoms with Crippen LogP contribution in [0.2, 0.25) is 0 Å². The molecule has 6 nitrogen and oxygen atoms in total. The second-order valence-corrected chi connectivity index (χ2v) is 8.25. The molecular weight excluding hydrogens is 483 g/mol. The number of aryl methyl sites for hydroxylation is 1. The average Bonchev–Trinajstić information content (AvgIpc) is 3.33. The van der Waals surface area contributed by atoms with Crippen LogP contribution in [0.1, 0.15) is 43.3 Å². The van der Waals surface area contributed by atoms with Gasteiger partial charge in [0.2, 0.25) is 0 Å². The highest BCUT2D eigenvalue weighted by Gasteiger charge is 2.25. The highest BCUT2D eigenvalue weighted by molar-refractivity contribution is 14.0. The van der Waals surface area contributed by atoms with Crippen molar-refractivity contribution in [2.75, 3.05) is 26.2 Å². The van der Waals surface area contributed by atoms with E-state index in [9.17, 15) is 0 Å². The minimum atomic E-state index is 0. The third-order valence-electron chi connectivity index (χ3n) is 5.26. The van der Waals surface area contributed by atoms with Crippen LogP contribution in [0.5, 0.6) is 0 Å². The minimum Gasteiger partial charge on any atom is -0.357 e. The molecule has 3 rings (SSSR count). The molecule has 1 saturated heterocycles. The third kappa shape index (κ3) is 6.45. The summed E-state index contributed by atoms with van der Waals surface area (Å²) in [7, 11) is 1.95. The summed E-state index contributed by atoms with van der Waals surface area (Å²) in [6, 6.07) is 6.82. The Labute approximate surface area is 189 Å². The molecule has 8 heteroatoms. The molecule has 156 valence electrons. The Morgan fingerprint density at radius 3 is 2.71 bits per heavy atom. The Morgan fingerprint density at radius 1 is 1.32 bits per heavy atom. The van der Waals surface area contributed by atoms with Gasteiger partial charge < -0.3 is 10.6 Å². The Morgan fingerprint density at radius 2 is 2.11 bits per heavy atom. The van der Waals surface area contributed by atoms with Gasteiger partial charge in [0, 0.05) is 31.2 Å². The van der Waals surface area contributed by atoms with Crippen LogP contribution in [0.15, 0.2) is 34.8 Å². The number of aromatic nitrogens is 2. The Balaban J connectivity index is 0.00000280. The lowest BCUT2D eigenvalue weighted by Gasteiger charge is -2.36. The molecular formula is C20H33IN6S. The summed E-state index contributed by atoms with van der Waals surface area (Å²) in [5.74, 6) is 1.71. The first-order valence-corrected chi connectivity index (χ1v) is 10.8. The molecule has 0 spiro atoms. The fraction of sp³-hybridized carbons (Fsp3) is 0.600. The third-order valence-corrected chi connectivity index (χ3v) is 6.23. The fourth-order valence-electron chi connectivity index (χ4n) is 3.48. The van der Waals surface area contributed by atoms with Gasteiger partial charge in [-0.05, 0) is 56.3 Å². The molecule has 0 radical (unpaired) electrons. The van der Waals surface area contributed by atoms with Crippen LogP contribution in [-0.2, 0) is 13.6 Å². The van der Waals surface area contributed by atoms with E-state index in [1.807, 2.05) is 35.3 Å². The molecule has 2 N–H and O–H groups in total. The Kier molecular flexibility index (Phi) is 9.73. The summed E-state index contributed by atoms with van der Waals surface area (Å²) in [6.45, 7) is 9.15. The van der Waals surface area contributed by atoms with Crippen molar-refractivity contribution in [1.82, 2.24) is 25.3 Å². The van der Waals surface area contributed by atoms with Gasteiger partial charge >= 0.3 is 0 Å². The van der Waals surface area contributed by atoms with Crippen molar-refractivity contribution in [3.8, 4) is 0 Å². The lowest BCUT2D eigenvalue weighted by Crippen LogP contribution is -2.45. The van der Waals surface area contributed by atoms with E-state index in [0.717, 1.165) is 30.7 Å². The zero-order valence-corrected chi connectivity index (χ0v) is 20.2. The molecule has 1 atom stereocenters. The summed E-state index contributed by atoms with van der Waals surface area (Å²) < 4.78 is 1.87. The van der Waals surface area contributed by atoms with Crippen molar-refractivity contribution >= 4 is 41.3 Å². The van der Waals surface area contributed by atoms with Gasteiger partial charge in [-0.25, -0.2) is 4.99 Å². The van der Waals surface area contributed by atoms with Crippen LogP contribution in [0, 0.1) is 5.92 Å². The van der Waals surface area contributed by atoms with Gasteiger partial charge in [-0.2, -0.15) is 5.10 Å². The summed E-state index contributed by atoms with van der Waals surface area (Å²) in [6.07, 6.45) is 4.39. The number of aliphatic imine (C=N–C) groups is 1. The SMILES string of the molecule is CCNC(=NCc1ccnn1C)NCC(c1cccs1)N1CCC(C)CC1.I. The molecule has 1 fully saturated rings. The van der Waals surface area contributed by atoms with Crippen LogP contribution < -0.4 is 10.6 Å². The quantitative estimate of drug-likeness (QED) is 0.336. The maximum atomic E-state index is 4.75. The van der Waals surface area contributed by atoms with E-state index in [2.05, 4.69) is 52.0 Å². The largest absolute Gasteiger partial charge is 0.357 e. The highest BCUT2D eigenvalue weighted by Crippen LogP contribution is 2.29. The second-order valence-electron chi connectivity index (χ2n) is 7.27. The first-order chi connectivity index (χ1) is 13.2. The van der Waals surface area contributed by atoms with Crippen LogP contribution in [0.3, 0.4) is 0 Å². The molecule has 1 aliphatic rings. The van der Waals surface area contributed by atoms with Crippen molar-refractivity contribution in [2.24, 2.45) is 18.0 Å². The smallest absolute Gasteiger partial charge is 0.191 e. The van der Waals surface area contributed by atoms with E-state index in [4.69, 9.17) is 4.99 Å². The second kappa shape index (κ2) is 11.8. The lowest BCUT2D eigenvalue weighted by atomic mass is 9.97. The first kappa shape index (κ1) is 23.2. The van der Waals surface area contributed by atoms with E-state index in [1.165, 1.54) is 30.8 Å². The Hall–Kier alpha value is -1.13. The van der Waals surface area contributed by atoms with Gasteiger partial charge in [-0.3, -0.25) is 9.58 Å². The maximum Gasteiger partial charge on any atom is 0.191 e. The zero-order valence-electron chi connectivity index (χ0n) is 17.1. The van der Waals surface area contributed by atoms with Crippen molar-refractivity contribution in [2.45, 2.75) is 39.3 Å². The topological polar surface area (TPSA) is 57.5 Å². The molecule has 0 aliphatic carbocycles. The van der Waals surface area contributed by atoms with Crippen LogP contribution in [-0.4, -0.2) is 46.8 Å². The zero-order chi connectivity index (χ0) is 19.1. The molecule has 2 aromatic rings. The van der Waals surface area contributed by atoms with E-state index in [0.29, 0.717) is 12.6 Å². The number of thiophene rings is 1. The molecule has 1 aliphatic heterocycles. The van der Waals surface area contributed by atoms with E-state index in [1.54, 1.807) is 0 Å². The predicted molar refractivity (Wildman–Crippen MR) is 128 cm³/mol. The van der Waals surface area contributed by atoms with Crippen molar-refractivity contribution < 1.29 is 0 Å². The van der Waals surface area contributed by atoms with Gasteiger partial charge in [0.1, 0.15) is 0 Å². The number of hydrogen-bond donors (Lipinski definition) is 2. The van der Waals surface area contributed by atoms with Gasteiger partial charge in [-0.1, -0.05) is 13.0 Å². The van der Waals surface area contributed by atoms with Crippen molar-refractivity contribution in [1.29, 1.82) is 0 Å². The maximum absolute atomic E-state index is 4.75. The fourth-order valence-corrected chi connectivity index (χ4v) is 4.34. The molecule has 0 bridgehead atoms. The summed E-state index contributed by atoms with van der Waals surface area (Å²) in [5, 5.41) is 13.3. The van der Waals surface area contributed by atoms with Crippen molar-refractivity contribution in [3.63, 3.8) is 0 Å². The molecule has 3 heterocycles. The number of halogens is 1. The van der Waals surface area contributed by atoms with E-state index >= 15 is 0 Å². The van der Waals surface area contributed by atoms with Crippen LogP contribution in [0.4, 0.5) is 0 Å². The van der Waals surface area contributed by atoms with Gasteiger partial charge in [0.05, 0.1) is 18.3 Å². The summed E-state index contributed by atoms with van der Waals surface area (Å²) in [5.41, 5.74) is 1.10. The van der Waals surface area contributed by atoms with Crippen LogP contribution >= 0.6 is 35.3 Å². The number of rotatable bonds is 7. The average molecular weight is 516 g/mol. The lowest BCUT2D eigenvalue weighted by molar-refractivity contribution is 0.140. The Bertz CT molecular complexity index is 706. The first-order valence-electron chi connectivity index (χ1n) is 9.94. The molecule has 0 saturated carbocycles. The number of likely N-dealkylation sites (tertiary alicyclic amines) is 1. The van der Waals surface area contributed by atoms with Gasteiger partial charge in [0.15, 0.2) is 5.96 Å². The molecule has 0 aromatic carbocycles. The summed E-state index contributed by atoms with van der Waals surface area (Å²) >= 11 is 1.85. The number of piperidine rings is 1. The number of hydrogen-bond acceptors (Lipinski definition) is 4.